The highest BCUT2D eigenvalue weighted by Gasteiger charge is 2.16. The minimum atomic E-state index is -0.260. The molecule has 1 aromatic carbocycles. The number of aliphatic imine (C=N–C) groups is 1. The second kappa shape index (κ2) is 6.87. The van der Waals surface area contributed by atoms with Crippen molar-refractivity contribution in [3.63, 3.8) is 0 Å². The van der Waals surface area contributed by atoms with E-state index < -0.39 is 0 Å². The first-order chi connectivity index (χ1) is 10.7. The highest BCUT2D eigenvalue weighted by molar-refractivity contribution is 7.09. The summed E-state index contributed by atoms with van der Waals surface area (Å²) in [6.07, 6.45) is 3.87. The van der Waals surface area contributed by atoms with Crippen molar-refractivity contribution in [1.82, 2.24) is 10.3 Å². The molecular formula is C16H19FN4S. The molecule has 2 aromatic rings. The van der Waals surface area contributed by atoms with Crippen molar-refractivity contribution >= 4 is 17.3 Å². The highest BCUT2D eigenvalue weighted by atomic mass is 32.1. The van der Waals surface area contributed by atoms with Gasteiger partial charge in [0.05, 0.1) is 12.2 Å². The Morgan fingerprint density at radius 3 is 2.95 bits per heavy atom. The molecule has 1 aromatic heterocycles. The lowest BCUT2D eigenvalue weighted by atomic mass is 9.85. The summed E-state index contributed by atoms with van der Waals surface area (Å²) in [6, 6.07) is 6.64. The van der Waals surface area contributed by atoms with E-state index in [1.54, 1.807) is 18.2 Å². The molecule has 3 N–H and O–H groups in total. The van der Waals surface area contributed by atoms with Gasteiger partial charge in [0.1, 0.15) is 10.8 Å². The van der Waals surface area contributed by atoms with Crippen LogP contribution in [0.3, 0.4) is 0 Å². The van der Waals surface area contributed by atoms with Gasteiger partial charge in [0, 0.05) is 17.5 Å². The fourth-order valence-electron chi connectivity index (χ4n) is 2.33. The summed E-state index contributed by atoms with van der Waals surface area (Å²) in [7, 11) is 0. The van der Waals surface area contributed by atoms with E-state index in [1.807, 2.05) is 5.38 Å². The maximum Gasteiger partial charge on any atom is 0.189 e. The van der Waals surface area contributed by atoms with Crippen LogP contribution in [0.2, 0.25) is 0 Å². The van der Waals surface area contributed by atoms with Gasteiger partial charge in [-0.05, 0) is 30.9 Å². The molecule has 4 nitrogen and oxygen atoms in total. The van der Waals surface area contributed by atoms with Crippen LogP contribution in [0.1, 0.15) is 24.3 Å². The number of nitrogens with zero attached hydrogens (tertiary/aromatic N) is 2. The van der Waals surface area contributed by atoms with Gasteiger partial charge in [0.2, 0.25) is 0 Å². The number of rotatable bonds is 5. The zero-order chi connectivity index (χ0) is 15.4. The molecule has 1 aliphatic carbocycles. The van der Waals surface area contributed by atoms with Gasteiger partial charge in [-0.2, -0.15) is 0 Å². The monoisotopic (exact) mass is 318 g/mol. The summed E-state index contributed by atoms with van der Waals surface area (Å²) in [6.45, 7) is 1.32. The Kier molecular flexibility index (Phi) is 4.68. The molecular weight excluding hydrogens is 299 g/mol. The normalized spacial score (nSPS) is 15.6. The first-order valence-corrected chi connectivity index (χ1v) is 8.33. The lowest BCUT2D eigenvalue weighted by Crippen LogP contribution is -2.37. The van der Waals surface area contributed by atoms with E-state index in [0.717, 1.165) is 17.5 Å². The summed E-state index contributed by atoms with van der Waals surface area (Å²) in [5, 5.41) is 5.82. The minimum absolute atomic E-state index is 0.260. The van der Waals surface area contributed by atoms with Gasteiger partial charge in [-0.25, -0.2) is 14.4 Å². The van der Waals surface area contributed by atoms with Crippen molar-refractivity contribution < 1.29 is 4.39 Å². The first kappa shape index (κ1) is 15.0. The Morgan fingerprint density at radius 1 is 1.41 bits per heavy atom. The van der Waals surface area contributed by atoms with Gasteiger partial charge >= 0.3 is 0 Å². The quantitative estimate of drug-likeness (QED) is 0.657. The van der Waals surface area contributed by atoms with Crippen molar-refractivity contribution in [1.29, 1.82) is 0 Å². The smallest absolute Gasteiger partial charge is 0.189 e. The number of guanidine groups is 1. The summed E-state index contributed by atoms with van der Waals surface area (Å²) in [5.74, 6) is 0.931. The molecule has 22 heavy (non-hydrogen) atoms. The molecule has 0 radical (unpaired) electrons. The molecule has 1 fully saturated rings. The van der Waals surface area contributed by atoms with Crippen LogP contribution >= 0.6 is 11.3 Å². The minimum Gasteiger partial charge on any atom is -0.370 e. The molecule has 0 saturated heterocycles. The predicted octanol–water partition coefficient (Wildman–Crippen LogP) is 3.15. The van der Waals surface area contributed by atoms with Crippen LogP contribution in [0, 0.1) is 11.7 Å². The third-order valence-corrected chi connectivity index (χ3v) is 4.72. The zero-order valence-corrected chi connectivity index (χ0v) is 13.1. The Bertz CT molecular complexity index is 664. The summed E-state index contributed by atoms with van der Waals surface area (Å²) in [4.78, 5) is 8.72. The number of thiazole rings is 1. The van der Waals surface area contributed by atoms with Gasteiger partial charge in [-0.15, -0.1) is 11.3 Å². The van der Waals surface area contributed by atoms with Crippen LogP contribution in [0.5, 0.6) is 0 Å². The molecule has 6 heteroatoms. The van der Waals surface area contributed by atoms with Crippen LogP contribution in [0.25, 0.3) is 11.3 Å². The van der Waals surface area contributed by atoms with E-state index >= 15 is 0 Å². The van der Waals surface area contributed by atoms with Crippen LogP contribution in [-0.4, -0.2) is 17.5 Å². The Morgan fingerprint density at radius 2 is 2.23 bits per heavy atom. The molecule has 0 spiro atoms. The Hall–Kier alpha value is -1.95. The van der Waals surface area contributed by atoms with Crippen LogP contribution in [0.15, 0.2) is 34.6 Å². The number of aromatic nitrogens is 1. The molecule has 0 bridgehead atoms. The van der Waals surface area contributed by atoms with E-state index in [1.165, 1.54) is 36.7 Å². The topological polar surface area (TPSA) is 63.3 Å². The molecule has 0 unspecified atom stereocenters. The van der Waals surface area contributed by atoms with Gasteiger partial charge in [-0.3, -0.25) is 0 Å². The van der Waals surface area contributed by atoms with Crippen molar-refractivity contribution in [2.24, 2.45) is 16.6 Å². The van der Waals surface area contributed by atoms with E-state index in [0.29, 0.717) is 23.8 Å². The van der Waals surface area contributed by atoms with Crippen LogP contribution in [-0.2, 0) is 6.54 Å². The van der Waals surface area contributed by atoms with Crippen molar-refractivity contribution in [3.05, 3.63) is 40.5 Å². The molecule has 0 aliphatic heterocycles. The van der Waals surface area contributed by atoms with Gasteiger partial charge in [-0.1, -0.05) is 18.6 Å². The average molecular weight is 318 g/mol. The molecule has 0 amide bonds. The number of hydrogen-bond acceptors (Lipinski definition) is 3. The molecule has 3 rings (SSSR count). The maximum atomic E-state index is 13.7. The first-order valence-electron chi connectivity index (χ1n) is 7.45. The molecule has 1 heterocycles. The zero-order valence-electron chi connectivity index (χ0n) is 12.3. The Labute approximate surface area is 133 Å². The number of halogens is 1. The van der Waals surface area contributed by atoms with E-state index in [-0.39, 0.29) is 5.82 Å². The second-order valence-corrected chi connectivity index (χ2v) is 6.43. The predicted molar refractivity (Wildman–Crippen MR) is 88.2 cm³/mol. The number of nitrogens with two attached hydrogens (primary N) is 1. The largest absolute Gasteiger partial charge is 0.370 e. The summed E-state index contributed by atoms with van der Waals surface area (Å²) in [5.41, 5.74) is 7.01. The third kappa shape index (κ3) is 3.62. The van der Waals surface area contributed by atoms with Crippen molar-refractivity contribution in [2.45, 2.75) is 25.8 Å². The number of hydrogen-bond donors (Lipinski definition) is 2. The Balaban J connectivity index is 1.58. The SMILES string of the molecule is NC(=NCc1nc(-c2ccccc2F)cs1)NCC1CCC1. The average Bonchev–Trinajstić information content (AvgIpc) is 2.93. The third-order valence-electron chi connectivity index (χ3n) is 3.88. The van der Waals surface area contributed by atoms with Crippen molar-refractivity contribution in [3.8, 4) is 11.3 Å². The fourth-order valence-corrected chi connectivity index (χ4v) is 3.05. The van der Waals surface area contributed by atoms with Crippen LogP contribution < -0.4 is 11.1 Å². The van der Waals surface area contributed by atoms with E-state index in [4.69, 9.17) is 5.73 Å². The number of benzene rings is 1. The number of nitrogens with one attached hydrogen (secondary N) is 1. The lowest BCUT2D eigenvalue weighted by molar-refractivity contribution is 0.315. The molecule has 1 aliphatic rings. The van der Waals surface area contributed by atoms with Crippen LogP contribution in [0.4, 0.5) is 4.39 Å². The standard InChI is InChI=1S/C16H19FN4S/c17-13-7-2-1-6-12(13)14-10-22-15(21-14)9-20-16(18)19-8-11-4-3-5-11/h1-2,6-7,10-11H,3-5,8-9H2,(H3,18,19,20). The maximum absolute atomic E-state index is 13.7. The van der Waals surface area contributed by atoms with Gasteiger partial charge in [0.25, 0.3) is 0 Å². The van der Waals surface area contributed by atoms with Gasteiger partial charge < -0.3 is 11.1 Å². The molecule has 1 saturated carbocycles. The highest BCUT2D eigenvalue weighted by Crippen LogP contribution is 2.25. The summed E-state index contributed by atoms with van der Waals surface area (Å²) < 4.78 is 13.7. The lowest BCUT2D eigenvalue weighted by Gasteiger charge is -2.25. The summed E-state index contributed by atoms with van der Waals surface area (Å²) >= 11 is 1.47. The van der Waals surface area contributed by atoms with Gasteiger partial charge in [0.15, 0.2) is 5.96 Å². The van der Waals surface area contributed by atoms with E-state index in [9.17, 15) is 4.39 Å². The molecule has 116 valence electrons. The fraction of sp³-hybridized carbons (Fsp3) is 0.375. The van der Waals surface area contributed by atoms with Crippen molar-refractivity contribution in [2.75, 3.05) is 6.54 Å². The van der Waals surface area contributed by atoms with E-state index in [2.05, 4.69) is 15.3 Å². The molecule has 0 atom stereocenters. The second-order valence-electron chi connectivity index (χ2n) is 5.49.